The molecule has 0 aliphatic carbocycles. The van der Waals surface area contributed by atoms with Crippen LogP contribution in [0.5, 0.6) is 5.75 Å². The molecule has 0 saturated heterocycles. The molecule has 5 aromatic rings. The number of para-hydroxylation sites is 2. The van der Waals surface area contributed by atoms with Crippen LogP contribution in [0.1, 0.15) is 27.7 Å². The molecule has 1 heterocycles. The summed E-state index contributed by atoms with van der Waals surface area (Å²) in [5.41, 5.74) is 3.40. The van der Waals surface area contributed by atoms with Gasteiger partial charge >= 0.3 is 0 Å². The first-order valence-corrected chi connectivity index (χ1v) is 14.4. The van der Waals surface area contributed by atoms with Gasteiger partial charge in [0.15, 0.2) is 7.28 Å². The summed E-state index contributed by atoms with van der Waals surface area (Å²) in [7, 11) is -2.60. The minimum Gasteiger partial charge on any atom is -0.455 e. The van der Waals surface area contributed by atoms with Gasteiger partial charge in [-0.15, -0.1) is 0 Å². The Morgan fingerprint density at radius 1 is 0.800 bits per heavy atom. The zero-order valence-electron chi connectivity index (χ0n) is 20.6. The maximum atomic E-state index is 7.02. The molecule has 1 aromatic heterocycles. The van der Waals surface area contributed by atoms with E-state index >= 15 is 0 Å². The Hall–Kier alpha value is -2.81. The predicted octanol–water partition coefficient (Wildman–Crippen LogP) is 9.53. The van der Waals surface area contributed by atoms with Gasteiger partial charge in [-0.1, -0.05) is 69.3 Å². The smallest absolute Gasteiger partial charge is 0.173 e. The van der Waals surface area contributed by atoms with E-state index in [1.165, 1.54) is 21.8 Å². The first kappa shape index (κ1) is 23.9. The maximum Gasteiger partial charge on any atom is 0.173 e. The number of aryl methyl sites for hydroxylation is 1. The van der Waals surface area contributed by atoms with Crippen LogP contribution >= 0.6 is 23.2 Å². The standard InChI is InChI=1S/C30H30BrN2OP/c1-5-33-28-18-12-9-15-24(28)25-21-23(19-20-29(25)33)35(30(2,3)4,34-22-13-7-6-8-14-22)32-27-17-11-10-16-26(27)31/h6-21H,5H2,1-4H3/t35-/m0/s1. The van der Waals surface area contributed by atoms with Crippen LogP contribution in [0, 0.1) is 0 Å². The summed E-state index contributed by atoms with van der Waals surface area (Å²) in [4.78, 5) is 0. The van der Waals surface area contributed by atoms with Gasteiger partial charge in [0.2, 0.25) is 0 Å². The van der Waals surface area contributed by atoms with Crippen LogP contribution in [0.25, 0.3) is 21.8 Å². The molecule has 0 aliphatic rings. The fourth-order valence-electron chi connectivity index (χ4n) is 4.69. The zero-order chi connectivity index (χ0) is 24.6. The molecule has 5 rings (SSSR count). The van der Waals surface area contributed by atoms with E-state index in [2.05, 4.69) is 96.7 Å². The van der Waals surface area contributed by atoms with Crippen molar-refractivity contribution in [3.8, 4) is 5.75 Å². The number of hydrogen-bond donors (Lipinski definition) is 0. The van der Waals surface area contributed by atoms with Gasteiger partial charge in [-0.3, -0.25) is 0 Å². The van der Waals surface area contributed by atoms with E-state index in [4.69, 9.17) is 9.27 Å². The second-order valence-electron chi connectivity index (χ2n) is 9.67. The molecule has 0 spiro atoms. The summed E-state index contributed by atoms with van der Waals surface area (Å²) in [6.07, 6.45) is 0. The fraction of sp³-hybridized carbons (Fsp3) is 0.200. The molecular weight excluding hydrogens is 515 g/mol. The van der Waals surface area contributed by atoms with Gasteiger partial charge in [-0.05, 0) is 71.4 Å². The highest BCUT2D eigenvalue weighted by Crippen LogP contribution is 2.62. The lowest BCUT2D eigenvalue weighted by atomic mass is 10.1. The third-order valence-corrected chi connectivity index (χ3v) is 10.9. The molecule has 0 aliphatic heterocycles. The van der Waals surface area contributed by atoms with Crippen molar-refractivity contribution in [2.24, 2.45) is 4.74 Å². The highest BCUT2D eigenvalue weighted by atomic mass is 79.9. The third-order valence-electron chi connectivity index (χ3n) is 6.41. The van der Waals surface area contributed by atoms with Crippen LogP contribution < -0.4 is 9.83 Å². The number of aromatic nitrogens is 1. The van der Waals surface area contributed by atoms with Gasteiger partial charge < -0.3 is 9.09 Å². The number of halogens is 1. The summed E-state index contributed by atoms with van der Waals surface area (Å²) in [5.74, 6) is 0.836. The van der Waals surface area contributed by atoms with Gasteiger partial charge in [0.25, 0.3) is 0 Å². The van der Waals surface area contributed by atoms with Crippen molar-refractivity contribution < 1.29 is 4.52 Å². The number of rotatable bonds is 5. The van der Waals surface area contributed by atoms with Crippen molar-refractivity contribution in [1.29, 1.82) is 0 Å². The Bertz CT molecular complexity index is 1560. The molecule has 0 fully saturated rings. The molecular formula is C30H30BrN2OP. The van der Waals surface area contributed by atoms with E-state index in [0.717, 1.165) is 27.8 Å². The van der Waals surface area contributed by atoms with E-state index < -0.39 is 7.28 Å². The maximum absolute atomic E-state index is 7.02. The Balaban J connectivity index is 1.86. The molecule has 0 radical (unpaired) electrons. The van der Waals surface area contributed by atoms with Crippen molar-refractivity contribution >= 4 is 56.0 Å². The van der Waals surface area contributed by atoms with E-state index in [1.807, 2.05) is 48.5 Å². The second-order valence-corrected chi connectivity index (χ2v) is 13.9. The largest absolute Gasteiger partial charge is 0.455 e. The molecule has 1 atom stereocenters. The van der Waals surface area contributed by atoms with Crippen molar-refractivity contribution in [2.75, 3.05) is 0 Å². The first-order chi connectivity index (χ1) is 16.8. The number of hydrogen-bond acceptors (Lipinski definition) is 2. The van der Waals surface area contributed by atoms with Crippen LogP contribution in [0.2, 0.25) is 0 Å². The SMILES string of the molecule is CCn1c2ccccc2c2cc([P@](=Nc3ccccc3Br)(Oc3ccccc3)C(C)(C)C)ccc21. The molecule has 0 N–H and O–H groups in total. The summed E-state index contributed by atoms with van der Waals surface area (Å²) in [6, 6.07) is 33.7. The first-order valence-electron chi connectivity index (χ1n) is 12.0. The number of fused-ring (bicyclic) bond motifs is 3. The normalized spacial score (nSPS) is 13.6. The Labute approximate surface area is 216 Å². The van der Waals surface area contributed by atoms with Crippen molar-refractivity contribution in [3.63, 3.8) is 0 Å². The number of nitrogens with zero attached hydrogens (tertiary/aromatic N) is 2. The molecule has 4 aromatic carbocycles. The Kier molecular flexibility index (Phi) is 6.38. The molecule has 0 unspecified atom stereocenters. The summed E-state index contributed by atoms with van der Waals surface area (Å²) < 4.78 is 15.8. The molecule has 0 bridgehead atoms. The van der Waals surface area contributed by atoms with E-state index in [9.17, 15) is 0 Å². The van der Waals surface area contributed by atoms with Crippen molar-refractivity contribution in [1.82, 2.24) is 4.57 Å². The molecule has 178 valence electrons. The molecule has 0 amide bonds. The molecule has 3 nitrogen and oxygen atoms in total. The monoisotopic (exact) mass is 544 g/mol. The quantitative estimate of drug-likeness (QED) is 0.202. The van der Waals surface area contributed by atoms with E-state index in [-0.39, 0.29) is 5.16 Å². The van der Waals surface area contributed by atoms with Gasteiger partial charge in [0.05, 0.1) is 5.69 Å². The van der Waals surface area contributed by atoms with Gasteiger partial charge in [-0.25, -0.2) is 4.74 Å². The summed E-state index contributed by atoms with van der Waals surface area (Å²) >= 11 is 3.72. The lowest BCUT2D eigenvalue weighted by Crippen LogP contribution is -2.27. The highest BCUT2D eigenvalue weighted by molar-refractivity contribution is 9.10. The van der Waals surface area contributed by atoms with Crippen molar-refractivity contribution in [2.45, 2.75) is 39.4 Å². The minimum atomic E-state index is -2.60. The Morgan fingerprint density at radius 2 is 1.46 bits per heavy atom. The van der Waals surface area contributed by atoms with Crippen LogP contribution in [-0.2, 0) is 6.54 Å². The third kappa shape index (κ3) is 4.24. The van der Waals surface area contributed by atoms with Gasteiger partial charge in [0, 0.05) is 43.3 Å². The van der Waals surface area contributed by atoms with Gasteiger partial charge in [0.1, 0.15) is 5.75 Å². The lowest BCUT2D eigenvalue weighted by Gasteiger charge is -2.37. The van der Waals surface area contributed by atoms with Crippen LogP contribution in [-0.4, -0.2) is 9.72 Å². The topological polar surface area (TPSA) is 26.5 Å². The van der Waals surface area contributed by atoms with Crippen molar-refractivity contribution in [3.05, 3.63) is 102 Å². The van der Waals surface area contributed by atoms with Crippen LogP contribution in [0.15, 0.2) is 106 Å². The average Bonchev–Trinajstić information content (AvgIpc) is 3.18. The average molecular weight is 545 g/mol. The fourth-order valence-corrected chi connectivity index (χ4v) is 8.30. The van der Waals surface area contributed by atoms with E-state index in [1.54, 1.807) is 0 Å². The lowest BCUT2D eigenvalue weighted by molar-refractivity contribution is 0.571. The second kappa shape index (κ2) is 9.33. The van der Waals surface area contributed by atoms with Gasteiger partial charge in [-0.2, -0.15) is 0 Å². The predicted molar refractivity (Wildman–Crippen MR) is 155 cm³/mol. The molecule has 0 saturated carbocycles. The summed E-state index contributed by atoms with van der Waals surface area (Å²) in [5, 5.41) is 3.39. The molecule has 35 heavy (non-hydrogen) atoms. The Morgan fingerprint density at radius 3 is 2.17 bits per heavy atom. The zero-order valence-corrected chi connectivity index (χ0v) is 23.1. The minimum absolute atomic E-state index is 0.255. The van der Waals surface area contributed by atoms with Crippen LogP contribution in [0.4, 0.5) is 5.69 Å². The number of benzene rings is 4. The van der Waals surface area contributed by atoms with E-state index in [0.29, 0.717) is 0 Å². The molecule has 5 heteroatoms. The highest BCUT2D eigenvalue weighted by Gasteiger charge is 2.39. The summed E-state index contributed by atoms with van der Waals surface area (Å²) in [6.45, 7) is 9.84. The van der Waals surface area contributed by atoms with Crippen LogP contribution in [0.3, 0.4) is 0 Å².